The van der Waals surface area contributed by atoms with Crippen molar-refractivity contribution in [2.45, 2.75) is 19.3 Å². The van der Waals surface area contributed by atoms with Gasteiger partial charge in [0.1, 0.15) is 0 Å². The molecule has 0 unspecified atom stereocenters. The molecule has 144 valence electrons. The molecule has 1 heterocycles. The van der Waals surface area contributed by atoms with Gasteiger partial charge in [-0.15, -0.1) is 0 Å². The van der Waals surface area contributed by atoms with Crippen LogP contribution >= 0.6 is 23.2 Å². The van der Waals surface area contributed by atoms with Gasteiger partial charge in [0.05, 0.1) is 17.6 Å². The lowest BCUT2D eigenvalue weighted by Gasteiger charge is -2.12. The second-order valence-corrected chi connectivity index (χ2v) is 7.02. The summed E-state index contributed by atoms with van der Waals surface area (Å²) in [5.41, 5.74) is 2.00. The molecule has 0 aliphatic heterocycles. The first-order valence-corrected chi connectivity index (χ1v) is 9.45. The first-order valence-electron chi connectivity index (χ1n) is 8.70. The van der Waals surface area contributed by atoms with Gasteiger partial charge in [0.2, 0.25) is 5.91 Å². The van der Waals surface area contributed by atoms with E-state index in [-0.39, 0.29) is 11.7 Å². The molecule has 2 amide bonds. The Labute approximate surface area is 172 Å². The van der Waals surface area contributed by atoms with E-state index in [1.807, 2.05) is 24.3 Å². The highest BCUT2D eigenvalue weighted by Gasteiger charge is 2.13. The Balaban J connectivity index is 1.59. The highest BCUT2D eigenvalue weighted by molar-refractivity contribution is 6.31. The number of rotatable bonds is 7. The van der Waals surface area contributed by atoms with E-state index in [4.69, 9.17) is 27.6 Å². The van der Waals surface area contributed by atoms with E-state index in [0.717, 1.165) is 12.0 Å². The maximum absolute atomic E-state index is 12.3. The number of halogens is 2. The molecule has 28 heavy (non-hydrogen) atoms. The lowest BCUT2D eigenvalue weighted by atomic mass is 10.1. The van der Waals surface area contributed by atoms with Crippen LogP contribution < -0.4 is 10.6 Å². The summed E-state index contributed by atoms with van der Waals surface area (Å²) < 4.78 is 5.08. The quantitative estimate of drug-likeness (QED) is 0.510. The summed E-state index contributed by atoms with van der Waals surface area (Å²) in [5, 5.41) is 6.65. The average molecular weight is 417 g/mol. The van der Waals surface area contributed by atoms with Crippen molar-refractivity contribution < 1.29 is 14.0 Å². The predicted molar refractivity (Wildman–Crippen MR) is 111 cm³/mol. The van der Waals surface area contributed by atoms with Gasteiger partial charge in [-0.05, 0) is 60.9 Å². The molecule has 0 fully saturated rings. The van der Waals surface area contributed by atoms with Gasteiger partial charge in [-0.25, -0.2) is 0 Å². The van der Waals surface area contributed by atoms with Gasteiger partial charge >= 0.3 is 0 Å². The zero-order valence-electron chi connectivity index (χ0n) is 14.9. The fourth-order valence-corrected chi connectivity index (χ4v) is 2.94. The summed E-state index contributed by atoms with van der Waals surface area (Å²) in [7, 11) is 0. The van der Waals surface area contributed by atoms with Crippen LogP contribution in [0.1, 0.15) is 29.0 Å². The maximum Gasteiger partial charge on any atom is 0.291 e. The van der Waals surface area contributed by atoms with Crippen LogP contribution in [-0.2, 0) is 11.2 Å². The van der Waals surface area contributed by atoms with Crippen LogP contribution in [0.15, 0.2) is 65.3 Å². The van der Waals surface area contributed by atoms with E-state index in [1.54, 1.807) is 30.3 Å². The number of hydrogen-bond acceptors (Lipinski definition) is 3. The number of amides is 2. The molecule has 3 rings (SSSR count). The van der Waals surface area contributed by atoms with Crippen LogP contribution in [0.5, 0.6) is 0 Å². The molecular formula is C21H18Cl2N2O3. The lowest BCUT2D eigenvalue weighted by Crippen LogP contribution is -2.16. The Kier molecular flexibility index (Phi) is 6.74. The maximum atomic E-state index is 12.3. The Morgan fingerprint density at radius 3 is 2.36 bits per heavy atom. The Morgan fingerprint density at radius 1 is 0.893 bits per heavy atom. The third-order valence-electron chi connectivity index (χ3n) is 4.03. The first-order chi connectivity index (χ1) is 13.5. The summed E-state index contributed by atoms with van der Waals surface area (Å²) in [4.78, 5) is 24.5. The van der Waals surface area contributed by atoms with Crippen molar-refractivity contribution in [1.82, 2.24) is 0 Å². The lowest BCUT2D eigenvalue weighted by molar-refractivity contribution is -0.116. The molecule has 7 heteroatoms. The predicted octanol–water partition coefficient (Wildman–Crippen LogP) is 5.80. The highest BCUT2D eigenvalue weighted by atomic mass is 35.5. The van der Waals surface area contributed by atoms with Crippen LogP contribution in [0.3, 0.4) is 0 Å². The van der Waals surface area contributed by atoms with E-state index in [0.29, 0.717) is 34.3 Å². The van der Waals surface area contributed by atoms with Crippen LogP contribution in [0.2, 0.25) is 10.0 Å². The number of nitrogens with one attached hydrogen (secondary N) is 2. The summed E-state index contributed by atoms with van der Waals surface area (Å²) in [5.74, 6) is -0.407. The molecule has 0 aliphatic rings. The van der Waals surface area contributed by atoms with Crippen molar-refractivity contribution >= 4 is 46.4 Å². The van der Waals surface area contributed by atoms with Crippen molar-refractivity contribution in [3.05, 3.63) is 82.2 Å². The molecule has 1 aromatic heterocycles. The van der Waals surface area contributed by atoms with Crippen molar-refractivity contribution in [2.24, 2.45) is 0 Å². The van der Waals surface area contributed by atoms with Gasteiger partial charge in [-0.3, -0.25) is 9.59 Å². The largest absolute Gasteiger partial charge is 0.459 e. The molecule has 0 spiro atoms. The van der Waals surface area contributed by atoms with Gasteiger partial charge in [-0.1, -0.05) is 35.3 Å². The van der Waals surface area contributed by atoms with Crippen LogP contribution in [-0.4, -0.2) is 11.8 Å². The van der Waals surface area contributed by atoms with E-state index in [9.17, 15) is 9.59 Å². The molecular weight excluding hydrogens is 399 g/mol. The number of anilines is 2. The number of carbonyl (C=O) groups is 2. The van der Waals surface area contributed by atoms with E-state index < -0.39 is 5.91 Å². The second kappa shape index (κ2) is 9.44. The molecule has 0 bridgehead atoms. The van der Waals surface area contributed by atoms with E-state index in [1.165, 1.54) is 6.26 Å². The fourth-order valence-electron chi connectivity index (χ4n) is 2.64. The topological polar surface area (TPSA) is 71.3 Å². The summed E-state index contributed by atoms with van der Waals surface area (Å²) >= 11 is 11.9. The van der Waals surface area contributed by atoms with E-state index >= 15 is 0 Å². The first kappa shape index (κ1) is 20.0. The minimum atomic E-state index is -0.425. The average Bonchev–Trinajstić information content (AvgIpc) is 3.20. The van der Waals surface area contributed by atoms with Crippen molar-refractivity contribution in [3.8, 4) is 0 Å². The zero-order valence-corrected chi connectivity index (χ0v) is 16.4. The third kappa shape index (κ3) is 5.62. The molecule has 2 aromatic carbocycles. The van der Waals surface area contributed by atoms with Gasteiger partial charge in [0.25, 0.3) is 5.91 Å². The molecule has 3 aromatic rings. The summed E-state index contributed by atoms with van der Waals surface area (Å²) in [6.45, 7) is 0. The monoisotopic (exact) mass is 416 g/mol. The molecule has 0 aliphatic carbocycles. The SMILES string of the molecule is O=C(CCCc1ccc(Cl)cc1)Nc1ccc(Cl)cc1NC(=O)c1ccco1. The fraction of sp³-hybridized carbons (Fsp3) is 0.143. The highest BCUT2D eigenvalue weighted by Crippen LogP contribution is 2.27. The van der Waals surface area contributed by atoms with E-state index in [2.05, 4.69) is 10.6 Å². The van der Waals surface area contributed by atoms with Crippen molar-refractivity contribution in [2.75, 3.05) is 10.6 Å². The molecule has 2 N–H and O–H groups in total. The number of benzene rings is 2. The summed E-state index contributed by atoms with van der Waals surface area (Å²) in [6.07, 6.45) is 3.22. The summed E-state index contributed by atoms with van der Waals surface area (Å²) in [6, 6.07) is 15.6. The zero-order chi connectivity index (χ0) is 19.9. The molecule has 0 saturated heterocycles. The minimum Gasteiger partial charge on any atom is -0.459 e. The molecule has 5 nitrogen and oxygen atoms in total. The van der Waals surface area contributed by atoms with Gasteiger partial charge in [-0.2, -0.15) is 0 Å². The second-order valence-electron chi connectivity index (χ2n) is 6.15. The minimum absolute atomic E-state index is 0.148. The van der Waals surface area contributed by atoms with Gasteiger partial charge in [0, 0.05) is 16.5 Å². The van der Waals surface area contributed by atoms with Gasteiger partial charge < -0.3 is 15.1 Å². The normalized spacial score (nSPS) is 10.5. The number of hydrogen-bond donors (Lipinski definition) is 2. The van der Waals surface area contributed by atoms with Crippen molar-refractivity contribution in [3.63, 3.8) is 0 Å². The number of aryl methyl sites for hydroxylation is 1. The van der Waals surface area contributed by atoms with Crippen LogP contribution in [0, 0.1) is 0 Å². The molecule has 0 radical (unpaired) electrons. The van der Waals surface area contributed by atoms with Crippen LogP contribution in [0.4, 0.5) is 11.4 Å². The Bertz CT molecular complexity index is 954. The number of carbonyl (C=O) groups excluding carboxylic acids is 2. The third-order valence-corrected chi connectivity index (χ3v) is 4.52. The van der Waals surface area contributed by atoms with Crippen LogP contribution in [0.25, 0.3) is 0 Å². The Hall–Kier alpha value is -2.76. The molecule has 0 saturated carbocycles. The number of furan rings is 1. The smallest absolute Gasteiger partial charge is 0.291 e. The molecule has 0 atom stereocenters. The van der Waals surface area contributed by atoms with Gasteiger partial charge in [0.15, 0.2) is 5.76 Å². The Morgan fingerprint density at radius 2 is 1.64 bits per heavy atom. The van der Waals surface area contributed by atoms with Crippen molar-refractivity contribution in [1.29, 1.82) is 0 Å². The standard InChI is InChI=1S/C21H18Cl2N2O3/c22-15-8-6-14(7-9-15)3-1-5-20(26)24-17-11-10-16(23)13-18(17)25-21(27)19-4-2-12-28-19/h2,4,6-13H,1,3,5H2,(H,24,26)(H,25,27).